The number of benzene rings is 2. The SMILES string of the molecule is C/C=C/CCC1CC=C(C2CCC(C(F)(F)Oc3cc(F)c(-c4cc(F)c(C(F)(F)F)c(F)c4)c(F)c3)CC2)CC1. The fourth-order valence-electron chi connectivity index (χ4n) is 5.95. The van der Waals surface area contributed by atoms with Crippen molar-refractivity contribution >= 4 is 0 Å². The van der Waals surface area contributed by atoms with Gasteiger partial charge in [0, 0.05) is 12.1 Å². The van der Waals surface area contributed by atoms with Crippen LogP contribution in [0.25, 0.3) is 11.1 Å². The molecule has 1 nitrogen and oxygen atoms in total. The lowest BCUT2D eigenvalue weighted by Gasteiger charge is -2.35. The molecular weight excluding hydrogens is 559 g/mol. The van der Waals surface area contributed by atoms with Gasteiger partial charge < -0.3 is 4.74 Å². The summed E-state index contributed by atoms with van der Waals surface area (Å²) >= 11 is 0. The van der Waals surface area contributed by atoms with E-state index in [9.17, 15) is 30.7 Å². The Hall–Kier alpha value is -2.91. The molecule has 0 saturated heterocycles. The molecule has 0 radical (unpaired) electrons. The van der Waals surface area contributed by atoms with Crippen molar-refractivity contribution in [3.8, 4) is 16.9 Å². The van der Waals surface area contributed by atoms with Crippen LogP contribution in [0.4, 0.5) is 39.5 Å². The lowest BCUT2D eigenvalue weighted by molar-refractivity contribution is -0.223. The quantitative estimate of drug-likeness (QED) is 0.220. The highest BCUT2D eigenvalue weighted by Gasteiger charge is 2.45. The van der Waals surface area contributed by atoms with Crippen LogP contribution >= 0.6 is 0 Å². The third kappa shape index (κ3) is 7.30. The lowest BCUT2D eigenvalue weighted by atomic mass is 9.74. The maximum Gasteiger partial charge on any atom is 0.422 e. The van der Waals surface area contributed by atoms with Gasteiger partial charge in [-0.1, -0.05) is 23.8 Å². The van der Waals surface area contributed by atoms with Crippen LogP contribution in [0.1, 0.15) is 70.3 Å². The molecule has 0 N–H and O–H groups in total. The second-order valence-electron chi connectivity index (χ2n) is 10.9. The van der Waals surface area contributed by atoms with Crippen molar-refractivity contribution in [3.63, 3.8) is 0 Å². The molecule has 2 aromatic carbocycles. The Morgan fingerprint density at radius 3 is 1.95 bits per heavy atom. The van der Waals surface area contributed by atoms with Gasteiger partial charge in [-0.15, -0.1) is 0 Å². The first kappa shape index (κ1) is 31.0. The molecule has 0 aromatic heterocycles. The Kier molecular flexibility index (Phi) is 9.49. The van der Waals surface area contributed by atoms with E-state index in [1.165, 1.54) is 5.57 Å². The van der Waals surface area contributed by atoms with Crippen molar-refractivity contribution in [2.45, 2.75) is 77.0 Å². The van der Waals surface area contributed by atoms with Crippen molar-refractivity contribution < 1.29 is 44.3 Å². The molecule has 41 heavy (non-hydrogen) atoms. The molecule has 0 aliphatic heterocycles. The molecule has 10 heteroatoms. The number of rotatable bonds is 8. The fourth-order valence-corrected chi connectivity index (χ4v) is 5.95. The highest BCUT2D eigenvalue weighted by Crippen LogP contribution is 2.45. The van der Waals surface area contributed by atoms with E-state index in [-0.39, 0.29) is 30.9 Å². The summed E-state index contributed by atoms with van der Waals surface area (Å²) in [5.74, 6) is -8.35. The molecular formula is C31H31F9O. The number of allylic oxidation sites excluding steroid dienone is 4. The molecule has 1 saturated carbocycles. The van der Waals surface area contributed by atoms with E-state index >= 15 is 8.78 Å². The van der Waals surface area contributed by atoms with Gasteiger partial charge in [0.2, 0.25) is 0 Å². The molecule has 0 amide bonds. The second-order valence-corrected chi connectivity index (χ2v) is 10.9. The smallest absolute Gasteiger partial charge is 0.422 e. The molecule has 0 bridgehead atoms. The number of halogens is 9. The first-order chi connectivity index (χ1) is 19.3. The maximum absolute atomic E-state index is 15.0. The molecule has 1 atom stereocenters. The molecule has 1 fully saturated rings. The summed E-state index contributed by atoms with van der Waals surface area (Å²) in [5.41, 5.74) is -2.83. The summed E-state index contributed by atoms with van der Waals surface area (Å²) in [6.45, 7) is 2.00. The van der Waals surface area contributed by atoms with Crippen LogP contribution in [-0.2, 0) is 6.18 Å². The first-order valence-corrected chi connectivity index (χ1v) is 13.7. The minimum Gasteiger partial charge on any atom is -0.432 e. The Bertz CT molecular complexity index is 1240. The lowest BCUT2D eigenvalue weighted by Crippen LogP contribution is -2.37. The highest BCUT2D eigenvalue weighted by molar-refractivity contribution is 5.66. The van der Waals surface area contributed by atoms with E-state index in [0.29, 0.717) is 30.9 Å². The van der Waals surface area contributed by atoms with Crippen LogP contribution in [0, 0.1) is 41.0 Å². The third-order valence-electron chi connectivity index (χ3n) is 8.14. The molecule has 2 aliphatic rings. The number of hydrogen-bond acceptors (Lipinski definition) is 1. The van der Waals surface area contributed by atoms with Crippen molar-refractivity contribution in [1.82, 2.24) is 0 Å². The van der Waals surface area contributed by atoms with E-state index in [1.807, 2.05) is 13.0 Å². The average Bonchev–Trinajstić information content (AvgIpc) is 2.87. The van der Waals surface area contributed by atoms with Crippen LogP contribution in [0.15, 0.2) is 48.1 Å². The molecule has 224 valence electrons. The van der Waals surface area contributed by atoms with Gasteiger partial charge in [-0.25, -0.2) is 17.6 Å². The van der Waals surface area contributed by atoms with Crippen molar-refractivity contribution in [2.24, 2.45) is 17.8 Å². The zero-order valence-corrected chi connectivity index (χ0v) is 22.4. The molecule has 2 aliphatic carbocycles. The Morgan fingerprint density at radius 1 is 0.829 bits per heavy atom. The molecule has 1 unspecified atom stereocenters. The van der Waals surface area contributed by atoms with Crippen LogP contribution in [0.3, 0.4) is 0 Å². The van der Waals surface area contributed by atoms with E-state index in [0.717, 1.165) is 32.1 Å². The zero-order valence-electron chi connectivity index (χ0n) is 22.4. The summed E-state index contributed by atoms with van der Waals surface area (Å²) in [5, 5.41) is 0. The molecule has 0 spiro atoms. The molecule has 0 heterocycles. The van der Waals surface area contributed by atoms with Gasteiger partial charge in [-0.2, -0.15) is 22.0 Å². The highest BCUT2D eigenvalue weighted by atomic mass is 19.4. The maximum atomic E-state index is 15.0. The minimum atomic E-state index is -5.37. The summed E-state index contributed by atoms with van der Waals surface area (Å²) < 4.78 is 131. The van der Waals surface area contributed by atoms with Crippen LogP contribution in [0.2, 0.25) is 0 Å². The van der Waals surface area contributed by atoms with Gasteiger partial charge in [0.25, 0.3) is 0 Å². The van der Waals surface area contributed by atoms with Gasteiger partial charge in [-0.05, 0) is 94.2 Å². The second kappa shape index (κ2) is 12.5. The number of alkyl halides is 5. The van der Waals surface area contributed by atoms with Crippen LogP contribution in [0.5, 0.6) is 5.75 Å². The van der Waals surface area contributed by atoms with E-state index in [1.54, 1.807) is 0 Å². The van der Waals surface area contributed by atoms with E-state index in [2.05, 4.69) is 12.2 Å². The number of hydrogen-bond donors (Lipinski definition) is 0. The van der Waals surface area contributed by atoms with E-state index < -0.39 is 63.9 Å². The Morgan fingerprint density at radius 2 is 1.44 bits per heavy atom. The predicted molar refractivity (Wildman–Crippen MR) is 137 cm³/mol. The van der Waals surface area contributed by atoms with Gasteiger partial charge in [-0.3, -0.25) is 0 Å². The van der Waals surface area contributed by atoms with Gasteiger partial charge >= 0.3 is 12.3 Å². The molecule has 2 aromatic rings. The zero-order chi connectivity index (χ0) is 29.9. The Balaban J connectivity index is 1.40. The summed E-state index contributed by atoms with van der Waals surface area (Å²) in [7, 11) is 0. The Labute approximate surface area is 233 Å². The van der Waals surface area contributed by atoms with Gasteiger partial charge in [0.15, 0.2) is 0 Å². The van der Waals surface area contributed by atoms with Crippen LogP contribution in [-0.4, -0.2) is 6.11 Å². The third-order valence-corrected chi connectivity index (χ3v) is 8.14. The van der Waals surface area contributed by atoms with E-state index in [4.69, 9.17) is 4.74 Å². The topological polar surface area (TPSA) is 9.23 Å². The largest absolute Gasteiger partial charge is 0.432 e. The van der Waals surface area contributed by atoms with Gasteiger partial charge in [0.05, 0.1) is 11.5 Å². The number of ether oxygens (including phenoxy) is 1. The normalized spacial score (nSPS) is 22.2. The summed E-state index contributed by atoms with van der Waals surface area (Å²) in [6.07, 6.45) is 3.97. The monoisotopic (exact) mass is 590 g/mol. The minimum absolute atomic E-state index is 0.132. The van der Waals surface area contributed by atoms with Crippen molar-refractivity contribution in [2.75, 3.05) is 0 Å². The van der Waals surface area contributed by atoms with Crippen molar-refractivity contribution in [3.05, 3.63) is 76.9 Å². The predicted octanol–water partition coefficient (Wildman–Crippen LogP) is 10.8. The average molecular weight is 591 g/mol. The fraction of sp³-hybridized carbons (Fsp3) is 0.484. The first-order valence-electron chi connectivity index (χ1n) is 13.7. The van der Waals surface area contributed by atoms with Gasteiger partial charge in [0.1, 0.15) is 34.6 Å². The summed E-state index contributed by atoms with van der Waals surface area (Å²) in [6, 6.07) is 1.11. The summed E-state index contributed by atoms with van der Waals surface area (Å²) in [4.78, 5) is 0. The standard InChI is InChI=1S/C31H31F9O/c1-2-3-4-5-18-6-8-19(9-7-18)20-10-12-22(13-11-20)31(39,40)41-23-16-24(32)28(25(33)17-23)21-14-26(34)29(27(35)15-21)30(36,37)38/h2-3,8,14-18,20,22H,4-7,9-13H2,1H3/b3-2+. The molecule has 4 rings (SSSR count). The van der Waals surface area contributed by atoms with Crippen LogP contribution < -0.4 is 4.74 Å². The van der Waals surface area contributed by atoms with Crippen molar-refractivity contribution in [1.29, 1.82) is 0 Å².